The smallest absolute Gasteiger partial charge is 0.0426 e. The van der Waals surface area contributed by atoms with Gasteiger partial charge in [0.15, 0.2) is 0 Å². The van der Waals surface area contributed by atoms with Gasteiger partial charge >= 0.3 is 0 Å². The van der Waals surface area contributed by atoms with Crippen molar-refractivity contribution < 1.29 is 0 Å². The van der Waals surface area contributed by atoms with E-state index < -0.39 is 0 Å². The maximum absolute atomic E-state index is 6.19. The lowest BCUT2D eigenvalue weighted by Gasteiger charge is -2.47. The van der Waals surface area contributed by atoms with E-state index in [0.29, 0.717) is 6.04 Å². The van der Waals surface area contributed by atoms with E-state index in [1.165, 1.54) is 11.3 Å². The Balaban J connectivity index is 2.35. The van der Waals surface area contributed by atoms with Crippen molar-refractivity contribution in [1.29, 1.82) is 0 Å². The molecule has 106 valence electrons. The van der Waals surface area contributed by atoms with E-state index in [0.717, 1.165) is 31.0 Å². The van der Waals surface area contributed by atoms with Crippen LogP contribution in [0.4, 0.5) is 5.69 Å². The normalized spacial score (nSPS) is 27.6. The monoisotopic (exact) mass is 280 g/mol. The van der Waals surface area contributed by atoms with Crippen LogP contribution in [0.2, 0.25) is 5.02 Å². The Labute approximate surface area is 122 Å². The van der Waals surface area contributed by atoms with Gasteiger partial charge in [0.1, 0.15) is 0 Å². The molecule has 1 saturated heterocycles. The molecule has 1 fully saturated rings. The standard InChI is InChI=1S/C16H25ClN2/c1-5-14-10-18-16(4,6-2)11-19(14)15-9-13(17)8-7-12(15)3/h7-9,14,18H,5-6,10-11H2,1-4H3. The molecule has 1 N–H and O–H groups in total. The zero-order valence-electron chi connectivity index (χ0n) is 12.5. The Kier molecular flexibility index (Phi) is 4.42. The first-order valence-electron chi connectivity index (χ1n) is 7.27. The second-order valence-electron chi connectivity index (χ2n) is 5.92. The first-order valence-corrected chi connectivity index (χ1v) is 7.64. The van der Waals surface area contributed by atoms with Crippen molar-refractivity contribution in [1.82, 2.24) is 5.32 Å². The Hall–Kier alpha value is -0.730. The van der Waals surface area contributed by atoms with Crippen molar-refractivity contribution in [3.8, 4) is 0 Å². The predicted octanol–water partition coefficient (Wildman–Crippen LogP) is 4.01. The molecule has 2 nitrogen and oxygen atoms in total. The van der Waals surface area contributed by atoms with E-state index in [1.807, 2.05) is 6.07 Å². The van der Waals surface area contributed by atoms with Gasteiger partial charge < -0.3 is 10.2 Å². The lowest BCUT2D eigenvalue weighted by atomic mass is 9.92. The molecule has 0 aromatic heterocycles. The summed E-state index contributed by atoms with van der Waals surface area (Å²) < 4.78 is 0. The van der Waals surface area contributed by atoms with Crippen LogP contribution in [0.25, 0.3) is 0 Å². The lowest BCUT2D eigenvalue weighted by Crippen LogP contribution is -2.62. The average Bonchev–Trinajstić information content (AvgIpc) is 2.41. The Morgan fingerprint density at radius 1 is 1.42 bits per heavy atom. The average molecular weight is 281 g/mol. The lowest BCUT2D eigenvalue weighted by molar-refractivity contribution is 0.276. The number of aryl methyl sites for hydroxylation is 1. The molecule has 3 heteroatoms. The van der Waals surface area contributed by atoms with Crippen molar-refractivity contribution in [2.24, 2.45) is 0 Å². The maximum atomic E-state index is 6.19. The fourth-order valence-corrected chi connectivity index (χ4v) is 2.98. The number of hydrogen-bond acceptors (Lipinski definition) is 2. The van der Waals surface area contributed by atoms with Gasteiger partial charge in [0.05, 0.1) is 0 Å². The van der Waals surface area contributed by atoms with Gasteiger partial charge in [0.25, 0.3) is 0 Å². The summed E-state index contributed by atoms with van der Waals surface area (Å²) in [5, 5.41) is 4.53. The van der Waals surface area contributed by atoms with Gasteiger partial charge in [-0.3, -0.25) is 0 Å². The number of nitrogens with zero attached hydrogens (tertiary/aromatic N) is 1. The highest BCUT2D eigenvalue weighted by molar-refractivity contribution is 6.30. The molecular weight excluding hydrogens is 256 g/mol. The largest absolute Gasteiger partial charge is 0.365 e. The van der Waals surface area contributed by atoms with Crippen LogP contribution in [0.3, 0.4) is 0 Å². The molecule has 0 saturated carbocycles. The third-order valence-electron chi connectivity index (χ3n) is 4.46. The third kappa shape index (κ3) is 3.06. The third-order valence-corrected chi connectivity index (χ3v) is 4.69. The zero-order valence-corrected chi connectivity index (χ0v) is 13.2. The van der Waals surface area contributed by atoms with Crippen LogP contribution in [0, 0.1) is 6.92 Å². The Morgan fingerprint density at radius 3 is 2.79 bits per heavy atom. The summed E-state index contributed by atoms with van der Waals surface area (Å²) in [6.07, 6.45) is 2.29. The molecule has 2 unspecified atom stereocenters. The van der Waals surface area contributed by atoms with Crippen LogP contribution in [0.15, 0.2) is 18.2 Å². The number of rotatable bonds is 3. The Bertz CT molecular complexity index is 446. The second-order valence-corrected chi connectivity index (χ2v) is 6.35. The summed E-state index contributed by atoms with van der Waals surface area (Å²) in [5.74, 6) is 0. The summed E-state index contributed by atoms with van der Waals surface area (Å²) >= 11 is 6.19. The topological polar surface area (TPSA) is 15.3 Å². The van der Waals surface area contributed by atoms with Crippen molar-refractivity contribution in [3.63, 3.8) is 0 Å². The van der Waals surface area contributed by atoms with Gasteiger partial charge in [-0.1, -0.05) is 31.5 Å². The molecule has 0 radical (unpaired) electrons. The van der Waals surface area contributed by atoms with Gasteiger partial charge in [-0.15, -0.1) is 0 Å². The van der Waals surface area contributed by atoms with Gasteiger partial charge in [-0.05, 0) is 44.4 Å². The zero-order chi connectivity index (χ0) is 14.0. The van der Waals surface area contributed by atoms with Gasteiger partial charge in [-0.25, -0.2) is 0 Å². The molecular formula is C16H25ClN2. The maximum Gasteiger partial charge on any atom is 0.0426 e. The van der Waals surface area contributed by atoms with Gasteiger partial charge in [0, 0.05) is 35.4 Å². The fourth-order valence-electron chi connectivity index (χ4n) is 2.81. The molecule has 0 aliphatic carbocycles. The second kappa shape index (κ2) is 5.72. The molecule has 1 aliphatic rings. The molecule has 19 heavy (non-hydrogen) atoms. The minimum absolute atomic E-state index is 0.195. The molecule has 1 aromatic carbocycles. The van der Waals surface area contributed by atoms with Crippen molar-refractivity contribution in [3.05, 3.63) is 28.8 Å². The highest BCUT2D eigenvalue weighted by atomic mass is 35.5. The molecule has 2 atom stereocenters. The van der Waals surface area contributed by atoms with Gasteiger partial charge in [0.2, 0.25) is 0 Å². The van der Waals surface area contributed by atoms with Crippen molar-refractivity contribution in [2.45, 2.75) is 52.1 Å². The van der Waals surface area contributed by atoms with Crippen LogP contribution in [0.1, 0.15) is 39.2 Å². The van der Waals surface area contributed by atoms with E-state index in [1.54, 1.807) is 0 Å². The molecule has 1 aliphatic heterocycles. The minimum atomic E-state index is 0.195. The first kappa shape index (κ1) is 14.7. The van der Waals surface area contributed by atoms with E-state index in [4.69, 9.17) is 11.6 Å². The highest BCUT2D eigenvalue weighted by Gasteiger charge is 2.34. The molecule has 0 amide bonds. The van der Waals surface area contributed by atoms with Crippen LogP contribution in [-0.4, -0.2) is 24.7 Å². The van der Waals surface area contributed by atoms with Crippen LogP contribution >= 0.6 is 11.6 Å². The fraction of sp³-hybridized carbons (Fsp3) is 0.625. The highest BCUT2D eigenvalue weighted by Crippen LogP contribution is 2.31. The molecule has 1 heterocycles. The van der Waals surface area contributed by atoms with Gasteiger partial charge in [-0.2, -0.15) is 0 Å². The molecule has 0 spiro atoms. The number of halogens is 1. The quantitative estimate of drug-likeness (QED) is 0.900. The van der Waals surface area contributed by atoms with E-state index >= 15 is 0 Å². The van der Waals surface area contributed by atoms with Crippen molar-refractivity contribution >= 4 is 17.3 Å². The number of benzene rings is 1. The summed E-state index contributed by atoms with van der Waals surface area (Å²) in [4.78, 5) is 2.54. The van der Waals surface area contributed by atoms with Crippen LogP contribution < -0.4 is 10.2 Å². The summed E-state index contributed by atoms with van der Waals surface area (Å²) in [7, 11) is 0. The van der Waals surface area contributed by atoms with E-state index in [2.05, 4.69) is 50.0 Å². The SMILES string of the molecule is CCC1CNC(C)(CC)CN1c1cc(Cl)ccc1C. The number of hydrogen-bond donors (Lipinski definition) is 1. The summed E-state index contributed by atoms with van der Waals surface area (Å²) in [6.45, 7) is 11.1. The van der Waals surface area contributed by atoms with Crippen LogP contribution in [0.5, 0.6) is 0 Å². The number of anilines is 1. The van der Waals surface area contributed by atoms with Crippen LogP contribution in [-0.2, 0) is 0 Å². The summed E-state index contributed by atoms with van der Waals surface area (Å²) in [6, 6.07) is 6.76. The minimum Gasteiger partial charge on any atom is -0.365 e. The number of piperazine rings is 1. The number of nitrogens with one attached hydrogen (secondary N) is 1. The molecule has 2 rings (SSSR count). The predicted molar refractivity (Wildman–Crippen MR) is 84.3 cm³/mol. The summed E-state index contributed by atoms with van der Waals surface area (Å²) in [5.41, 5.74) is 2.80. The first-order chi connectivity index (χ1) is 8.99. The molecule has 1 aromatic rings. The van der Waals surface area contributed by atoms with Crippen molar-refractivity contribution in [2.75, 3.05) is 18.0 Å². The Morgan fingerprint density at radius 2 is 2.16 bits per heavy atom. The van der Waals surface area contributed by atoms with E-state index in [9.17, 15) is 0 Å². The van der Waals surface area contributed by atoms with E-state index in [-0.39, 0.29) is 5.54 Å². The molecule has 0 bridgehead atoms.